The second-order valence-electron chi connectivity index (χ2n) is 1.66. The molecule has 0 amide bonds. The van der Waals surface area contributed by atoms with Gasteiger partial charge in [0.1, 0.15) is 0 Å². The van der Waals surface area contributed by atoms with Crippen LogP contribution in [0, 0.1) is 5.82 Å². The van der Waals surface area contributed by atoms with Gasteiger partial charge < -0.3 is 0 Å². The summed E-state index contributed by atoms with van der Waals surface area (Å²) in [7, 11) is 0. The monoisotopic (exact) mass is 221 g/mol. The van der Waals surface area contributed by atoms with Gasteiger partial charge >= 0.3 is 16.6 Å². The van der Waals surface area contributed by atoms with Gasteiger partial charge in [-0.15, -0.1) is 0 Å². The maximum atomic E-state index is 12.5. The van der Waals surface area contributed by atoms with Gasteiger partial charge in [-0.3, -0.25) is 0 Å². The largest absolute Gasteiger partial charge is 0.508 e. The van der Waals surface area contributed by atoms with Crippen LogP contribution in [0.15, 0.2) is 27.6 Å². The van der Waals surface area contributed by atoms with E-state index in [9.17, 15) is 8.60 Å². The molecule has 0 bridgehead atoms. The molecule has 0 heterocycles. The van der Waals surface area contributed by atoms with E-state index in [0.717, 1.165) is 0 Å². The van der Waals surface area contributed by atoms with Gasteiger partial charge in [0.05, 0.1) is 0 Å². The van der Waals surface area contributed by atoms with Crippen molar-refractivity contribution in [3.05, 3.63) is 28.5 Å². The summed E-state index contributed by atoms with van der Waals surface area (Å²) in [6, 6.07) is 4.26. The van der Waals surface area contributed by atoms with E-state index in [4.69, 9.17) is 0 Å². The van der Waals surface area contributed by atoms with Gasteiger partial charge in [0.2, 0.25) is 0 Å². The Morgan fingerprint density at radius 1 is 1.50 bits per heavy atom. The zero-order valence-electron chi connectivity index (χ0n) is 4.80. The van der Waals surface area contributed by atoms with Crippen LogP contribution in [0.4, 0.5) is 4.39 Å². The minimum Gasteiger partial charge on any atom is -0.201 e. The summed E-state index contributed by atoms with van der Waals surface area (Å²) in [6.45, 7) is 0. The first-order chi connectivity index (χ1) is 4.74. The lowest BCUT2D eigenvalue weighted by Crippen LogP contribution is -1.80. The van der Waals surface area contributed by atoms with Gasteiger partial charge in [-0.2, -0.15) is 0 Å². The van der Waals surface area contributed by atoms with Crippen molar-refractivity contribution >= 4 is 27.6 Å². The fourth-order valence-corrected chi connectivity index (χ4v) is 1.38. The Morgan fingerprint density at radius 3 is 2.70 bits per heavy atom. The molecule has 4 heteroatoms. The van der Waals surface area contributed by atoms with Crippen LogP contribution in [0.2, 0.25) is 0 Å². The maximum absolute atomic E-state index is 12.5. The molecule has 0 unspecified atom stereocenters. The Hall–Kier alpha value is -0.350. The van der Waals surface area contributed by atoms with Gasteiger partial charge in [0, 0.05) is 14.7 Å². The molecule has 0 fully saturated rings. The summed E-state index contributed by atoms with van der Waals surface area (Å²) >= 11 is 3.27. The lowest BCUT2D eigenvalue weighted by atomic mass is 10.3. The first-order valence-electron chi connectivity index (χ1n) is 2.49. The van der Waals surface area contributed by atoms with Crippen molar-refractivity contribution in [2.24, 2.45) is 0 Å². The van der Waals surface area contributed by atoms with Crippen LogP contribution >= 0.6 is 15.9 Å². The molecular weight excluding hydrogens is 219 g/mol. The Kier molecular flexibility index (Phi) is 2.45. The highest BCUT2D eigenvalue weighted by atomic mass is 79.9. The molecule has 1 nitrogen and oxygen atoms in total. The first kappa shape index (κ1) is 7.75. The fraction of sp³-hybridized carbons (Fsp3) is 0. The van der Waals surface area contributed by atoms with Gasteiger partial charge in [-0.05, 0) is 12.1 Å². The third-order valence-electron chi connectivity index (χ3n) is 0.983. The van der Waals surface area contributed by atoms with Crippen molar-refractivity contribution in [3.63, 3.8) is 0 Å². The average molecular weight is 222 g/mol. The van der Waals surface area contributed by atoms with E-state index in [1.165, 1.54) is 12.1 Å². The predicted octanol–water partition coefficient (Wildman–Crippen LogP) is 2.38. The Bertz CT molecular complexity index is 264. The highest BCUT2D eigenvalue weighted by Crippen LogP contribution is 2.14. The maximum Gasteiger partial charge on any atom is 0.508 e. The summed E-state index contributed by atoms with van der Waals surface area (Å²) in [4.78, 5) is 0.120. The zero-order valence-corrected chi connectivity index (χ0v) is 7.21. The molecule has 0 aromatic heterocycles. The molecule has 52 valence electrons. The number of halogens is 2. The predicted molar refractivity (Wildman–Crippen MR) is 40.4 cm³/mol. The van der Waals surface area contributed by atoms with E-state index in [-0.39, 0.29) is 16.6 Å². The van der Waals surface area contributed by atoms with Gasteiger partial charge in [0.15, 0.2) is 5.82 Å². The third-order valence-corrected chi connectivity index (χ3v) is 1.97. The molecule has 0 radical (unpaired) electrons. The minimum absolute atomic E-state index is 0.120. The van der Waals surface area contributed by atoms with Crippen molar-refractivity contribution < 1.29 is 8.60 Å². The Morgan fingerprint density at radius 2 is 2.20 bits per heavy atom. The van der Waals surface area contributed by atoms with Crippen molar-refractivity contribution in [3.8, 4) is 0 Å². The lowest BCUT2D eigenvalue weighted by Gasteiger charge is -1.84. The molecule has 1 aromatic rings. The van der Waals surface area contributed by atoms with E-state index in [0.29, 0.717) is 4.47 Å². The molecule has 0 aliphatic carbocycles. The van der Waals surface area contributed by atoms with E-state index in [1.54, 1.807) is 6.07 Å². The summed E-state index contributed by atoms with van der Waals surface area (Å²) in [5, 5.41) is 0. The second kappa shape index (κ2) is 3.16. The zero-order chi connectivity index (χ0) is 7.56. The summed E-state index contributed by atoms with van der Waals surface area (Å²) in [6.07, 6.45) is 0. The molecule has 1 aromatic carbocycles. The van der Waals surface area contributed by atoms with Crippen LogP contribution in [0.5, 0.6) is 0 Å². The van der Waals surface area contributed by atoms with Crippen molar-refractivity contribution in [2.75, 3.05) is 0 Å². The third kappa shape index (κ3) is 1.58. The highest BCUT2D eigenvalue weighted by Gasteiger charge is 2.13. The summed E-state index contributed by atoms with van der Waals surface area (Å²) in [5.74, 6) is -0.469. The van der Waals surface area contributed by atoms with E-state index in [1.807, 2.05) is 0 Å². The number of hydrogen-bond acceptors (Lipinski definition) is 1. The molecule has 10 heavy (non-hydrogen) atoms. The van der Waals surface area contributed by atoms with Crippen LogP contribution in [0.3, 0.4) is 0 Å². The Balaban J connectivity index is 3.21. The van der Waals surface area contributed by atoms with Crippen LogP contribution in [-0.4, -0.2) is 0 Å². The second-order valence-corrected chi connectivity index (χ2v) is 3.18. The molecule has 0 spiro atoms. The Labute approximate surface area is 69.9 Å². The minimum atomic E-state index is -0.469. The topological polar surface area (TPSA) is 17.1 Å². The summed E-state index contributed by atoms with van der Waals surface area (Å²) in [5.41, 5.74) is 0. The van der Waals surface area contributed by atoms with Crippen molar-refractivity contribution in [1.82, 2.24) is 0 Å². The van der Waals surface area contributed by atoms with Crippen LogP contribution in [0.25, 0.3) is 0 Å². The van der Waals surface area contributed by atoms with Crippen molar-refractivity contribution in [1.29, 1.82) is 0 Å². The number of benzene rings is 1. The molecule has 0 saturated heterocycles. The molecular formula is C6H3BrFOS+. The van der Waals surface area contributed by atoms with E-state index in [2.05, 4.69) is 15.9 Å². The molecule has 1 rings (SSSR count). The smallest absolute Gasteiger partial charge is 0.201 e. The number of hydrogen-bond donors (Lipinski definition) is 0. The van der Waals surface area contributed by atoms with Gasteiger partial charge in [-0.1, -0.05) is 15.9 Å². The van der Waals surface area contributed by atoms with Gasteiger partial charge in [0.25, 0.3) is 0 Å². The van der Waals surface area contributed by atoms with Crippen LogP contribution in [0.1, 0.15) is 0 Å². The van der Waals surface area contributed by atoms with E-state index >= 15 is 0 Å². The highest BCUT2D eigenvalue weighted by molar-refractivity contribution is 9.10. The molecule has 0 atom stereocenters. The van der Waals surface area contributed by atoms with Crippen LogP contribution < -0.4 is 0 Å². The van der Waals surface area contributed by atoms with Gasteiger partial charge in [-0.25, -0.2) is 4.39 Å². The normalized spacial score (nSPS) is 9.40. The first-order valence-corrected chi connectivity index (χ1v) is 4.02. The average Bonchev–Trinajstić information content (AvgIpc) is 1.94. The SMILES string of the molecule is O=[S+]c1cc(Br)ccc1F. The standard InChI is InChI=1S/C6H3BrFOS/c7-4-1-2-5(8)6(3-4)10-9/h1-3H/q+1. The molecule has 0 N–H and O–H groups in total. The fourth-order valence-electron chi connectivity index (χ4n) is 0.541. The lowest BCUT2D eigenvalue weighted by molar-refractivity contribution is 0.582. The molecule has 0 saturated carbocycles. The van der Waals surface area contributed by atoms with Crippen LogP contribution in [-0.2, 0) is 15.9 Å². The summed E-state index contributed by atoms with van der Waals surface area (Å²) < 4.78 is 23.4. The van der Waals surface area contributed by atoms with Crippen molar-refractivity contribution in [2.45, 2.75) is 4.90 Å². The molecule has 0 aliphatic rings. The molecule has 0 aliphatic heterocycles. The number of rotatable bonds is 1. The van der Waals surface area contributed by atoms with E-state index < -0.39 is 5.82 Å². The quantitative estimate of drug-likeness (QED) is 0.666.